The number of nitrogens with zero attached hydrogens (tertiary/aromatic N) is 2. The van der Waals surface area contributed by atoms with Crippen molar-refractivity contribution in [3.63, 3.8) is 0 Å². The van der Waals surface area contributed by atoms with Crippen molar-refractivity contribution in [1.29, 1.82) is 0 Å². The first-order valence-corrected chi connectivity index (χ1v) is 3.17. The molecule has 3 nitrogen and oxygen atoms in total. The normalized spacial score (nSPS) is 15.3. The first kappa shape index (κ1) is 8.24. The zero-order chi connectivity index (χ0) is 6.81. The summed E-state index contributed by atoms with van der Waals surface area (Å²) in [5, 5.41) is 10.3. The molecule has 1 aliphatic rings. The Morgan fingerprint density at radius 1 is 1.27 bits per heavy atom. The Bertz CT molecular complexity index is 251. The number of H-pyrrole nitrogens is 1. The van der Waals surface area contributed by atoms with Crippen molar-refractivity contribution in [2.75, 3.05) is 0 Å². The van der Waals surface area contributed by atoms with Crippen molar-refractivity contribution in [2.45, 2.75) is 5.92 Å². The summed E-state index contributed by atoms with van der Waals surface area (Å²) in [6, 6.07) is 0. The summed E-state index contributed by atoms with van der Waals surface area (Å²) in [5.41, 5.74) is 0.977. The van der Waals surface area contributed by atoms with Crippen LogP contribution in [0.25, 0.3) is 0 Å². The van der Waals surface area contributed by atoms with Crippen molar-refractivity contribution in [3.05, 3.63) is 36.2 Å². The van der Waals surface area contributed by atoms with E-state index >= 15 is 0 Å². The summed E-state index contributed by atoms with van der Waals surface area (Å²) in [6.45, 7) is 0. The molecule has 4 heteroatoms. The molecule has 0 bridgehead atoms. The molecule has 0 radical (unpaired) electrons. The van der Waals surface area contributed by atoms with E-state index in [0.29, 0.717) is 5.92 Å². The van der Waals surface area contributed by atoms with Crippen molar-refractivity contribution in [1.82, 2.24) is 15.4 Å². The molecule has 0 atom stereocenters. The molecule has 0 aliphatic heterocycles. The number of aromatic nitrogens is 3. The van der Waals surface area contributed by atoms with Crippen LogP contribution in [-0.4, -0.2) is 15.4 Å². The van der Waals surface area contributed by atoms with Gasteiger partial charge in [-0.05, 0) is 0 Å². The number of nitrogens with one attached hydrogen (secondary N) is 1. The first-order valence-electron chi connectivity index (χ1n) is 3.17. The van der Waals surface area contributed by atoms with Gasteiger partial charge in [0, 0.05) is 23.0 Å². The summed E-state index contributed by atoms with van der Waals surface area (Å²) in [7, 11) is 0. The van der Waals surface area contributed by atoms with E-state index in [1.807, 2.05) is 12.2 Å². The van der Waals surface area contributed by atoms with Crippen LogP contribution < -0.4 is 0 Å². The third kappa shape index (κ3) is 1.59. The van der Waals surface area contributed by atoms with Gasteiger partial charge in [0.05, 0.1) is 11.9 Å². The second-order valence-electron chi connectivity index (χ2n) is 2.19. The molecule has 2 rings (SSSR count). The summed E-state index contributed by atoms with van der Waals surface area (Å²) >= 11 is 0. The van der Waals surface area contributed by atoms with Gasteiger partial charge in [-0.2, -0.15) is 15.4 Å². The number of hydrogen-bond acceptors (Lipinski definition) is 2. The van der Waals surface area contributed by atoms with Crippen molar-refractivity contribution in [2.24, 2.45) is 0 Å². The van der Waals surface area contributed by atoms with Gasteiger partial charge in [0.1, 0.15) is 0 Å². The predicted octanol–water partition coefficient (Wildman–Crippen LogP) is 1.01. The minimum Gasteiger partial charge on any atom is -0.198 e. The molecule has 0 saturated carbocycles. The average molecular weight is 189 g/mol. The molecule has 11 heavy (non-hydrogen) atoms. The summed E-state index contributed by atoms with van der Waals surface area (Å²) in [4.78, 5) is 0. The minimum atomic E-state index is 0. The molecule has 1 aliphatic carbocycles. The maximum Gasteiger partial charge on any atom is 0.0931 e. The molecule has 0 aromatic carbocycles. The third-order valence-corrected chi connectivity index (χ3v) is 1.52. The fourth-order valence-electron chi connectivity index (χ4n) is 1.00. The van der Waals surface area contributed by atoms with E-state index in [1.165, 1.54) is 0 Å². The first-order chi connectivity index (χ1) is 4.97. The van der Waals surface area contributed by atoms with Crippen LogP contribution in [0.15, 0.2) is 30.5 Å². The Labute approximate surface area is 75.1 Å². The van der Waals surface area contributed by atoms with Gasteiger partial charge in [-0.15, -0.1) is 0 Å². The maximum atomic E-state index is 3.96. The van der Waals surface area contributed by atoms with Gasteiger partial charge in [-0.25, -0.2) is 0 Å². The smallest absolute Gasteiger partial charge is 0.0931 e. The quantitative estimate of drug-likeness (QED) is 0.669. The van der Waals surface area contributed by atoms with E-state index in [4.69, 9.17) is 0 Å². The molecule has 1 aromatic rings. The van der Waals surface area contributed by atoms with E-state index in [2.05, 4.69) is 27.6 Å². The predicted molar refractivity (Wildman–Crippen MR) is 37.4 cm³/mol. The van der Waals surface area contributed by atoms with Crippen molar-refractivity contribution >= 4 is 0 Å². The van der Waals surface area contributed by atoms with Crippen LogP contribution in [0.3, 0.4) is 0 Å². The molecule has 0 unspecified atom stereocenters. The van der Waals surface area contributed by atoms with E-state index < -0.39 is 0 Å². The topological polar surface area (TPSA) is 41.6 Å². The van der Waals surface area contributed by atoms with Gasteiger partial charge in [-0.1, -0.05) is 24.3 Å². The molecule has 58 valence electrons. The Morgan fingerprint density at radius 2 is 2.00 bits per heavy atom. The van der Waals surface area contributed by atoms with E-state index in [0.717, 1.165) is 5.69 Å². The fraction of sp³-hybridized carbons (Fsp3) is 0.143. The standard InChI is InChI=1S/C7H7N3.Fe/c1-2-4-6(3-1)7-5-8-10-9-7;/h1-6H,(H,8,9,10);. The summed E-state index contributed by atoms with van der Waals surface area (Å²) in [6.07, 6.45) is 9.93. The second kappa shape index (κ2) is 3.51. The van der Waals surface area contributed by atoms with E-state index in [1.54, 1.807) is 6.20 Å². The number of rotatable bonds is 1. The van der Waals surface area contributed by atoms with Crippen LogP contribution in [0.5, 0.6) is 0 Å². The molecular formula is C7H7FeN3. The Balaban J connectivity index is 0.000000605. The molecule has 0 spiro atoms. The molecule has 1 heterocycles. The largest absolute Gasteiger partial charge is 0.198 e. The molecule has 1 aromatic heterocycles. The number of hydrogen-bond donors (Lipinski definition) is 1. The molecule has 1 N–H and O–H groups in total. The van der Waals surface area contributed by atoms with Crippen LogP contribution in [0, 0.1) is 0 Å². The third-order valence-electron chi connectivity index (χ3n) is 1.52. The van der Waals surface area contributed by atoms with Gasteiger partial charge in [0.15, 0.2) is 0 Å². The van der Waals surface area contributed by atoms with Crippen LogP contribution in [-0.2, 0) is 17.1 Å². The Hall–Kier alpha value is -0.861. The van der Waals surface area contributed by atoms with Gasteiger partial charge < -0.3 is 0 Å². The Morgan fingerprint density at radius 3 is 2.55 bits per heavy atom. The SMILES string of the molecule is C1=CC(c2cn[nH]n2)C=C1.[Fe]. The Kier molecular flexibility index (Phi) is 2.63. The van der Waals surface area contributed by atoms with E-state index in [-0.39, 0.29) is 17.1 Å². The summed E-state index contributed by atoms with van der Waals surface area (Å²) < 4.78 is 0. The molecule has 0 amide bonds. The van der Waals surface area contributed by atoms with Gasteiger partial charge in [-0.3, -0.25) is 0 Å². The maximum absolute atomic E-state index is 3.96. The monoisotopic (exact) mass is 189 g/mol. The fourth-order valence-corrected chi connectivity index (χ4v) is 1.00. The van der Waals surface area contributed by atoms with Crippen LogP contribution in [0.1, 0.15) is 11.6 Å². The summed E-state index contributed by atoms with van der Waals surface area (Å²) in [5.74, 6) is 0.332. The van der Waals surface area contributed by atoms with Crippen LogP contribution >= 0.6 is 0 Å². The van der Waals surface area contributed by atoms with Gasteiger partial charge in [0.25, 0.3) is 0 Å². The van der Waals surface area contributed by atoms with Gasteiger partial charge in [0.2, 0.25) is 0 Å². The van der Waals surface area contributed by atoms with Gasteiger partial charge >= 0.3 is 0 Å². The zero-order valence-electron chi connectivity index (χ0n) is 5.71. The molecule has 0 fully saturated rings. The van der Waals surface area contributed by atoms with Crippen molar-refractivity contribution < 1.29 is 17.1 Å². The molecule has 0 saturated heterocycles. The number of aromatic amines is 1. The van der Waals surface area contributed by atoms with Crippen molar-refractivity contribution in [3.8, 4) is 0 Å². The van der Waals surface area contributed by atoms with Crippen LogP contribution in [0.2, 0.25) is 0 Å². The zero-order valence-corrected chi connectivity index (χ0v) is 6.82. The number of allylic oxidation sites excluding steroid dienone is 4. The second-order valence-corrected chi connectivity index (χ2v) is 2.19. The minimum absolute atomic E-state index is 0. The van der Waals surface area contributed by atoms with Crippen LogP contribution in [0.4, 0.5) is 0 Å². The average Bonchev–Trinajstić information content (AvgIpc) is 2.59. The van der Waals surface area contributed by atoms with E-state index in [9.17, 15) is 0 Å². The molecular weight excluding hydrogens is 182 g/mol.